The number of nitrogens with zero attached hydrogens (tertiary/aromatic N) is 8. The van der Waals surface area contributed by atoms with Gasteiger partial charge in [0.05, 0.1) is 144 Å². The molecule has 4 heterocycles. The zero-order chi connectivity index (χ0) is 51.8. The summed E-state index contributed by atoms with van der Waals surface area (Å²) < 4.78 is 68.9. The quantitative estimate of drug-likeness (QED) is 0.0705. The van der Waals surface area contributed by atoms with Gasteiger partial charge in [-0.3, -0.25) is 9.90 Å². The normalized spacial score (nSPS) is 18.1. The average Bonchev–Trinajstić information content (AvgIpc) is 4.13. The number of Topliss-reactive ketones (excluding diaryl/α,β-unsaturated/α-hetero) is 1. The van der Waals surface area contributed by atoms with E-state index in [9.17, 15) is 20.0 Å². The van der Waals surface area contributed by atoms with E-state index >= 15 is 0 Å². The predicted octanol–water partition coefficient (Wildman–Crippen LogP) is 4.06. The van der Waals surface area contributed by atoms with Gasteiger partial charge in [0.25, 0.3) is 0 Å². The number of hydrogen-bond donors (Lipinski definition) is 2. The van der Waals surface area contributed by atoms with Crippen LogP contribution in [0, 0.1) is 0 Å². The van der Waals surface area contributed by atoms with Crippen molar-refractivity contribution < 1.29 is 104 Å². The summed E-state index contributed by atoms with van der Waals surface area (Å²) in [6, 6.07) is 8.07. The van der Waals surface area contributed by atoms with Gasteiger partial charge in [0.2, 0.25) is 8.38 Å². The fourth-order valence-electron chi connectivity index (χ4n) is 7.25. The molecule has 411 valence electrons. The smallest absolute Gasteiger partial charge is 0.201 e. The second kappa shape index (κ2) is 38.0. The maximum atomic E-state index is 11.2. The molecule has 5 rings (SSSR count). The zero-order valence-corrected chi connectivity index (χ0v) is 47.4. The molecule has 2 saturated heterocycles. The van der Waals surface area contributed by atoms with Crippen LogP contribution in [0.15, 0.2) is 47.0 Å². The van der Waals surface area contributed by atoms with Gasteiger partial charge < -0.3 is 87.3 Å². The van der Waals surface area contributed by atoms with Crippen LogP contribution in [0.4, 0.5) is 0 Å². The van der Waals surface area contributed by atoms with Crippen molar-refractivity contribution >= 4 is 26.2 Å². The molecule has 2 N–H and O–H groups in total. The van der Waals surface area contributed by atoms with Gasteiger partial charge in [0.15, 0.2) is 5.34 Å². The predicted molar refractivity (Wildman–Crippen MR) is 269 cm³/mol. The van der Waals surface area contributed by atoms with Crippen LogP contribution in [-0.2, 0) is 103 Å². The van der Waals surface area contributed by atoms with E-state index in [1.165, 1.54) is 17.7 Å². The second-order valence-electron chi connectivity index (χ2n) is 16.7. The molecule has 0 amide bonds. The van der Waals surface area contributed by atoms with E-state index in [0.29, 0.717) is 155 Å². The minimum Gasteiger partial charge on any atom is -0.491 e. The van der Waals surface area contributed by atoms with Gasteiger partial charge in [-0.1, -0.05) is 44.1 Å². The van der Waals surface area contributed by atoms with E-state index in [1.807, 2.05) is 32.2 Å². The van der Waals surface area contributed by atoms with Crippen LogP contribution in [0.25, 0.3) is 10.7 Å². The standard InChI is InChI=1S/C46H73N8O15P.C2H6.Y/c1-36(55)11-13-59-15-17-61-19-20-62-18-16-60-14-12-53-32-39(50-51-53)33-66-26-25-64-22-21-63-23-24-65-27-28-67-40-7-5-37(6-8-40)38-30-52(31-38)45(48-3)42-29-49-54(44(42)47)43-10-9-41(69-43)34-68-46(2,35-58-4)70(56)57;1-2;/h5-8,29,32,38,41,43,56-57H,9-28,30-31,33-35H2,1-4H3;1-2H3;/q-2;;. The Morgan fingerprint density at radius 2 is 1.40 bits per heavy atom. The Labute approximate surface area is 457 Å². The van der Waals surface area contributed by atoms with E-state index < -0.39 is 19.9 Å². The first-order valence-corrected chi connectivity index (χ1v) is 26.0. The minimum absolute atomic E-state index is 0. The van der Waals surface area contributed by atoms with Crippen LogP contribution in [-0.4, -0.2) is 216 Å². The van der Waals surface area contributed by atoms with Crippen molar-refractivity contribution in [3.63, 3.8) is 0 Å². The Hall–Kier alpha value is -2.68. The molecule has 2 fully saturated rings. The molecule has 2 aromatic rings. The Morgan fingerprint density at radius 3 is 1.96 bits per heavy atom. The van der Waals surface area contributed by atoms with Gasteiger partial charge in [-0.05, 0) is 74.8 Å². The van der Waals surface area contributed by atoms with Crippen molar-refractivity contribution in [2.75, 3.05) is 146 Å². The van der Waals surface area contributed by atoms with Crippen molar-refractivity contribution in [2.45, 2.75) is 83.7 Å². The summed E-state index contributed by atoms with van der Waals surface area (Å²) in [5, 5.41) is 28.6. The Kier molecular flexibility index (Phi) is 33.6. The Balaban J connectivity index is 0.00000463. The fourth-order valence-corrected chi connectivity index (χ4v) is 7.68. The van der Waals surface area contributed by atoms with E-state index in [2.05, 4.69) is 37.8 Å². The average molecular weight is 1130 g/mol. The van der Waals surface area contributed by atoms with E-state index in [-0.39, 0.29) is 63.6 Å². The molecule has 3 atom stereocenters. The topological polar surface area (TPSA) is 254 Å². The Bertz CT molecular complexity index is 1870. The summed E-state index contributed by atoms with van der Waals surface area (Å²) in [5.74, 6) is 1.81. The SMILES string of the molecule is CC.C[N-]/C(=C1/C=NN(C2CCC(COC(C)(COC)P(O)O)O2)C1=[N-])N1CC(c2ccc(OCCOCCOCCOCCOCc3cn(CCOCCOCCOCCOCCC(C)=O)nn3)cc2)C1.[Y]. The first kappa shape index (κ1) is 64.6. The molecule has 25 heteroatoms. The monoisotopic (exact) mass is 1130 g/mol. The largest absolute Gasteiger partial charge is 0.491 e. The van der Waals surface area contributed by atoms with Crippen molar-refractivity contribution in [3.05, 3.63) is 63.8 Å². The number of carbonyl (C=O) groups excluding carboxylic acids is 1. The number of carbonyl (C=O) groups is 1. The molecule has 1 aromatic heterocycles. The number of benzene rings is 1. The number of hydrogen-bond acceptors (Lipinski definition) is 19. The molecule has 0 saturated carbocycles. The van der Waals surface area contributed by atoms with Crippen LogP contribution in [0.5, 0.6) is 5.75 Å². The Morgan fingerprint density at radius 1 is 0.836 bits per heavy atom. The maximum Gasteiger partial charge on any atom is 0.201 e. The number of rotatable bonds is 40. The molecular weight excluding hydrogens is 1050 g/mol. The molecule has 3 aliphatic rings. The van der Waals surface area contributed by atoms with E-state index in [1.54, 1.807) is 31.8 Å². The zero-order valence-electron chi connectivity index (χ0n) is 43.7. The third kappa shape index (κ3) is 24.0. The molecule has 23 nitrogen and oxygen atoms in total. The van der Waals surface area contributed by atoms with Gasteiger partial charge in [0, 0.05) is 52.5 Å². The fraction of sp³-hybridized carbons (Fsp3) is 0.729. The third-order valence-corrected chi connectivity index (χ3v) is 12.3. The van der Waals surface area contributed by atoms with Gasteiger partial charge in [-0.25, -0.2) is 4.68 Å². The number of ketones is 1. The molecule has 0 spiro atoms. The second-order valence-corrected chi connectivity index (χ2v) is 18.2. The molecule has 3 aliphatic heterocycles. The van der Waals surface area contributed by atoms with Crippen molar-refractivity contribution in [3.8, 4) is 5.75 Å². The van der Waals surface area contributed by atoms with Crippen LogP contribution in [0.3, 0.4) is 0 Å². The van der Waals surface area contributed by atoms with E-state index in [0.717, 1.165) is 24.5 Å². The van der Waals surface area contributed by atoms with Crippen LogP contribution < -0.4 is 4.74 Å². The number of likely N-dealkylation sites (tertiary alicyclic amines) is 1. The molecule has 0 bridgehead atoms. The molecule has 1 radical (unpaired) electrons. The van der Waals surface area contributed by atoms with Crippen LogP contribution >= 0.6 is 8.38 Å². The number of aromatic nitrogens is 3. The first-order valence-electron chi connectivity index (χ1n) is 24.8. The van der Waals surface area contributed by atoms with E-state index in [4.69, 9.17) is 56.8 Å². The summed E-state index contributed by atoms with van der Waals surface area (Å²) in [7, 11) is 0.796. The number of hydrazone groups is 1. The van der Waals surface area contributed by atoms with Crippen LogP contribution in [0.2, 0.25) is 0 Å². The maximum absolute atomic E-state index is 11.2. The van der Waals surface area contributed by atoms with Gasteiger partial charge in [-0.15, -0.1) is 5.10 Å². The molecule has 3 unspecified atom stereocenters. The number of methoxy groups -OCH3 is 1. The first-order chi connectivity index (χ1) is 35.1. The van der Waals surface area contributed by atoms with Crippen molar-refractivity contribution in [2.24, 2.45) is 5.10 Å². The van der Waals surface area contributed by atoms with Gasteiger partial charge in [0.1, 0.15) is 23.8 Å². The summed E-state index contributed by atoms with van der Waals surface area (Å²) in [4.78, 5) is 32.6. The minimum atomic E-state index is -2.38. The van der Waals surface area contributed by atoms with Gasteiger partial charge >= 0.3 is 0 Å². The summed E-state index contributed by atoms with van der Waals surface area (Å²) in [6.45, 7) is 16.9. The summed E-state index contributed by atoms with van der Waals surface area (Å²) in [6.07, 6.45) is 4.33. The third-order valence-electron chi connectivity index (χ3n) is 11.2. The van der Waals surface area contributed by atoms with Crippen molar-refractivity contribution in [1.29, 1.82) is 0 Å². The molecule has 1 aromatic carbocycles. The summed E-state index contributed by atoms with van der Waals surface area (Å²) >= 11 is 0. The number of ether oxygens (including phenoxy) is 12. The molecule has 0 aliphatic carbocycles. The summed E-state index contributed by atoms with van der Waals surface area (Å²) in [5.41, 5.74) is 2.45. The molecule has 73 heavy (non-hydrogen) atoms. The van der Waals surface area contributed by atoms with Crippen LogP contribution in [0.1, 0.15) is 64.1 Å². The van der Waals surface area contributed by atoms with Gasteiger partial charge in [-0.2, -0.15) is 0 Å². The number of amidine groups is 1. The molecular formula is C48H79N8O15PY-2. The van der Waals surface area contributed by atoms with Crippen molar-refractivity contribution in [1.82, 2.24) is 24.9 Å².